The molecule has 0 saturated heterocycles. The number of carbonyl (C=O) groups is 2. The molecule has 0 radical (unpaired) electrons. The lowest BCUT2D eigenvalue weighted by atomic mass is 10.1. The Morgan fingerprint density at radius 1 is 1.00 bits per heavy atom. The van der Waals surface area contributed by atoms with E-state index in [2.05, 4.69) is 21.3 Å². The van der Waals surface area contributed by atoms with Crippen molar-refractivity contribution < 1.29 is 14.3 Å². The fourth-order valence-corrected chi connectivity index (χ4v) is 3.05. The van der Waals surface area contributed by atoms with E-state index in [1.54, 1.807) is 36.5 Å². The number of ether oxygens (including phenoxy) is 1. The van der Waals surface area contributed by atoms with Gasteiger partial charge in [0.2, 0.25) is 0 Å². The number of carbonyl (C=O) groups excluding carboxylic acids is 2. The third kappa shape index (κ3) is 4.79. The molecule has 0 fully saturated rings. The van der Waals surface area contributed by atoms with Crippen molar-refractivity contribution in [2.45, 2.75) is 13.8 Å². The number of benzene rings is 2. The lowest BCUT2D eigenvalue weighted by Gasteiger charge is -2.23. The van der Waals surface area contributed by atoms with E-state index < -0.39 is 5.97 Å². The van der Waals surface area contributed by atoms with Gasteiger partial charge in [-0.15, -0.1) is 0 Å². The van der Waals surface area contributed by atoms with Crippen molar-refractivity contribution in [1.82, 2.24) is 4.98 Å². The average Bonchev–Trinajstić information content (AvgIpc) is 2.74. The smallest absolute Gasteiger partial charge is 0.337 e. The van der Waals surface area contributed by atoms with Crippen LogP contribution in [0.2, 0.25) is 0 Å². The first kappa shape index (κ1) is 20.1. The van der Waals surface area contributed by atoms with Crippen molar-refractivity contribution in [3.63, 3.8) is 0 Å². The van der Waals surface area contributed by atoms with E-state index in [0.717, 1.165) is 23.5 Å². The third-order valence-corrected chi connectivity index (χ3v) is 4.47. The minimum Gasteiger partial charge on any atom is -0.465 e. The summed E-state index contributed by atoms with van der Waals surface area (Å²) in [6.07, 6.45) is 3.26. The topological polar surface area (TPSA) is 71.5 Å². The van der Waals surface area contributed by atoms with Crippen LogP contribution < -0.4 is 10.2 Å². The molecule has 3 rings (SSSR count). The summed E-state index contributed by atoms with van der Waals surface area (Å²) in [5, 5.41) is 2.81. The highest BCUT2D eigenvalue weighted by molar-refractivity contribution is 6.05. The van der Waals surface area contributed by atoms with Crippen LogP contribution in [-0.4, -0.2) is 30.5 Å². The normalized spacial score (nSPS) is 10.3. The van der Waals surface area contributed by atoms with Gasteiger partial charge in [-0.2, -0.15) is 0 Å². The number of esters is 1. The van der Waals surface area contributed by atoms with Crippen molar-refractivity contribution >= 4 is 28.9 Å². The second kappa shape index (κ2) is 9.01. The Hall–Kier alpha value is -3.67. The van der Waals surface area contributed by atoms with Gasteiger partial charge in [-0.1, -0.05) is 18.2 Å². The largest absolute Gasteiger partial charge is 0.465 e. The molecule has 0 saturated carbocycles. The predicted octanol–water partition coefficient (Wildman–Crippen LogP) is 4.59. The molecule has 6 heteroatoms. The Labute approximate surface area is 170 Å². The molecule has 1 amide bonds. The summed E-state index contributed by atoms with van der Waals surface area (Å²) in [4.78, 5) is 30.8. The second-order valence-corrected chi connectivity index (χ2v) is 6.54. The number of hydrogen-bond acceptors (Lipinski definition) is 5. The zero-order valence-corrected chi connectivity index (χ0v) is 16.7. The summed E-state index contributed by atoms with van der Waals surface area (Å²) in [7, 11) is 1.32. The first-order valence-corrected chi connectivity index (χ1v) is 9.31. The van der Waals surface area contributed by atoms with Crippen LogP contribution in [0.3, 0.4) is 0 Å². The predicted molar refractivity (Wildman–Crippen MR) is 114 cm³/mol. The van der Waals surface area contributed by atoms with E-state index in [-0.39, 0.29) is 5.91 Å². The summed E-state index contributed by atoms with van der Waals surface area (Å²) < 4.78 is 4.72. The molecular formula is C23H23N3O3. The number of pyridine rings is 1. The monoisotopic (exact) mass is 389 g/mol. The maximum atomic E-state index is 12.7. The van der Waals surface area contributed by atoms with Crippen LogP contribution in [0.5, 0.6) is 0 Å². The van der Waals surface area contributed by atoms with Crippen molar-refractivity contribution in [3.05, 3.63) is 83.7 Å². The van der Waals surface area contributed by atoms with Gasteiger partial charge in [-0.25, -0.2) is 4.79 Å². The van der Waals surface area contributed by atoms with Crippen molar-refractivity contribution in [2.75, 3.05) is 23.9 Å². The van der Waals surface area contributed by atoms with E-state index in [9.17, 15) is 9.59 Å². The van der Waals surface area contributed by atoms with Gasteiger partial charge in [0.1, 0.15) is 0 Å². The number of hydrogen-bond donors (Lipinski definition) is 1. The number of anilines is 3. The van der Waals surface area contributed by atoms with E-state index in [1.807, 2.05) is 32.0 Å². The molecule has 0 aliphatic carbocycles. The third-order valence-electron chi connectivity index (χ3n) is 4.47. The van der Waals surface area contributed by atoms with Crippen LogP contribution in [0.15, 0.2) is 67.0 Å². The van der Waals surface area contributed by atoms with Crippen LogP contribution in [0.25, 0.3) is 0 Å². The van der Waals surface area contributed by atoms with Crippen LogP contribution in [0.1, 0.15) is 33.2 Å². The number of methoxy groups -OCH3 is 1. The molecular weight excluding hydrogens is 366 g/mol. The quantitative estimate of drug-likeness (QED) is 0.625. The van der Waals surface area contributed by atoms with E-state index in [1.165, 1.54) is 13.3 Å². The number of amides is 1. The van der Waals surface area contributed by atoms with E-state index in [4.69, 9.17) is 4.74 Å². The molecule has 29 heavy (non-hydrogen) atoms. The minimum absolute atomic E-state index is 0.304. The van der Waals surface area contributed by atoms with Crippen LogP contribution in [0.4, 0.5) is 17.1 Å². The summed E-state index contributed by atoms with van der Waals surface area (Å²) in [6.45, 7) is 4.83. The van der Waals surface area contributed by atoms with Gasteiger partial charge in [0, 0.05) is 24.1 Å². The highest BCUT2D eigenvalue weighted by Gasteiger charge is 2.13. The van der Waals surface area contributed by atoms with Crippen LogP contribution in [0, 0.1) is 6.92 Å². The zero-order valence-electron chi connectivity index (χ0n) is 16.7. The number of aryl methyl sites for hydroxylation is 1. The number of rotatable bonds is 6. The maximum absolute atomic E-state index is 12.7. The SMILES string of the molecule is CCN(c1cccc(C)c1)c1cncc(C(=O)Nc2cccc(C(=O)OC)c2)c1. The molecule has 148 valence electrons. The summed E-state index contributed by atoms with van der Waals surface area (Å²) in [6, 6.07) is 16.6. The maximum Gasteiger partial charge on any atom is 0.337 e. The number of aromatic nitrogens is 1. The fourth-order valence-electron chi connectivity index (χ4n) is 3.05. The van der Waals surface area contributed by atoms with Crippen LogP contribution in [-0.2, 0) is 4.74 Å². The van der Waals surface area contributed by atoms with Crippen molar-refractivity contribution in [1.29, 1.82) is 0 Å². The van der Waals surface area contributed by atoms with Crippen molar-refractivity contribution in [3.8, 4) is 0 Å². The van der Waals surface area contributed by atoms with Gasteiger partial charge < -0.3 is 15.0 Å². The lowest BCUT2D eigenvalue weighted by Crippen LogP contribution is -2.18. The van der Waals surface area contributed by atoms with Crippen LogP contribution >= 0.6 is 0 Å². The second-order valence-electron chi connectivity index (χ2n) is 6.54. The summed E-state index contributed by atoms with van der Waals surface area (Å²) >= 11 is 0. The van der Waals surface area contributed by atoms with Gasteiger partial charge >= 0.3 is 5.97 Å². The molecule has 1 N–H and O–H groups in total. The average molecular weight is 389 g/mol. The first-order chi connectivity index (χ1) is 14.0. The molecule has 1 aromatic heterocycles. The number of nitrogens with one attached hydrogen (secondary N) is 1. The fraction of sp³-hybridized carbons (Fsp3) is 0.174. The van der Waals surface area contributed by atoms with E-state index in [0.29, 0.717) is 16.8 Å². The summed E-state index contributed by atoms with van der Waals surface area (Å²) in [5.74, 6) is -0.761. The highest BCUT2D eigenvalue weighted by Crippen LogP contribution is 2.26. The van der Waals surface area contributed by atoms with Gasteiger partial charge in [0.25, 0.3) is 5.91 Å². The Balaban J connectivity index is 1.83. The molecule has 0 bridgehead atoms. The molecule has 3 aromatic rings. The Morgan fingerprint density at radius 3 is 2.52 bits per heavy atom. The number of nitrogens with zero attached hydrogens (tertiary/aromatic N) is 2. The highest BCUT2D eigenvalue weighted by atomic mass is 16.5. The Morgan fingerprint density at radius 2 is 1.79 bits per heavy atom. The molecule has 0 atom stereocenters. The Kier molecular flexibility index (Phi) is 6.24. The standard InChI is InChI=1S/C23H23N3O3/c1-4-26(20-10-5-7-16(2)11-20)21-13-18(14-24-15-21)22(27)25-19-9-6-8-17(12-19)23(28)29-3/h5-15H,4H2,1-3H3,(H,25,27). The molecule has 0 unspecified atom stereocenters. The molecule has 2 aromatic carbocycles. The molecule has 0 spiro atoms. The minimum atomic E-state index is -0.457. The molecule has 1 heterocycles. The summed E-state index contributed by atoms with van der Waals surface area (Å²) in [5.41, 5.74) is 4.33. The van der Waals surface area contributed by atoms with Gasteiger partial charge in [-0.05, 0) is 55.8 Å². The Bertz CT molecular complexity index is 1030. The molecule has 0 aliphatic heterocycles. The molecule has 0 aliphatic rings. The first-order valence-electron chi connectivity index (χ1n) is 9.31. The van der Waals surface area contributed by atoms with Gasteiger partial charge in [0.15, 0.2) is 0 Å². The van der Waals surface area contributed by atoms with E-state index >= 15 is 0 Å². The zero-order chi connectivity index (χ0) is 20.8. The van der Waals surface area contributed by atoms with Crippen molar-refractivity contribution in [2.24, 2.45) is 0 Å². The van der Waals surface area contributed by atoms with Gasteiger partial charge in [0.05, 0.1) is 30.1 Å². The molecule has 6 nitrogen and oxygen atoms in total. The lowest BCUT2D eigenvalue weighted by molar-refractivity contribution is 0.0600. The van der Waals surface area contributed by atoms with Gasteiger partial charge in [-0.3, -0.25) is 9.78 Å².